The molecule has 148 valence electrons. The highest BCUT2D eigenvalue weighted by molar-refractivity contribution is 6.00. The highest BCUT2D eigenvalue weighted by atomic mass is 16.6. The van der Waals surface area contributed by atoms with Gasteiger partial charge in [-0.1, -0.05) is 27.7 Å². The SMILES string of the molecule is CC[C@H]1OC(=O)[C@H](C)C(=O)[C@H](C)[C@H]2O[C@@](O)(C=C[C@]1(C)O)[C@H](C)C[C@@H]2C. The highest BCUT2D eigenvalue weighted by Gasteiger charge is 2.48. The summed E-state index contributed by atoms with van der Waals surface area (Å²) >= 11 is 0. The minimum Gasteiger partial charge on any atom is -0.458 e. The van der Waals surface area contributed by atoms with Gasteiger partial charge in [0.15, 0.2) is 11.6 Å². The van der Waals surface area contributed by atoms with E-state index in [1.165, 1.54) is 26.0 Å². The van der Waals surface area contributed by atoms with E-state index in [-0.39, 0.29) is 17.6 Å². The van der Waals surface area contributed by atoms with Gasteiger partial charge in [-0.3, -0.25) is 9.59 Å². The van der Waals surface area contributed by atoms with E-state index in [4.69, 9.17) is 9.47 Å². The first kappa shape index (κ1) is 21.1. The largest absolute Gasteiger partial charge is 0.458 e. The van der Waals surface area contributed by atoms with Gasteiger partial charge in [-0.2, -0.15) is 0 Å². The Bertz CT molecular complexity index is 583. The summed E-state index contributed by atoms with van der Waals surface area (Å²) in [5.41, 5.74) is -1.49. The number of Topliss-reactive ketones (excluding diaryl/α,β-unsaturated/α-hetero) is 1. The van der Waals surface area contributed by atoms with Crippen LogP contribution in [0.25, 0.3) is 0 Å². The molecule has 2 rings (SSSR count). The predicted octanol–water partition coefficient (Wildman–Crippen LogP) is 2.22. The summed E-state index contributed by atoms with van der Waals surface area (Å²) in [5, 5.41) is 21.8. The smallest absolute Gasteiger partial charge is 0.316 e. The van der Waals surface area contributed by atoms with E-state index < -0.39 is 41.4 Å². The maximum atomic E-state index is 12.8. The van der Waals surface area contributed by atoms with Crippen LogP contribution in [0.3, 0.4) is 0 Å². The number of hydrogen-bond donors (Lipinski definition) is 2. The lowest BCUT2D eigenvalue weighted by atomic mass is 9.76. The number of carbonyl (C=O) groups is 2. The van der Waals surface area contributed by atoms with E-state index in [0.29, 0.717) is 12.8 Å². The topological polar surface area (TPSA) is 93.1 Å². The molecule has 0 aromatic rings. The Labute approximate surface area is 155 Å². The molecule has 0 aliphatic carbocycles. The number of aliphatic hydroxyl groups is 2. The fraction of sp³-hybridized carbons (Fsp3) is 0.800. The summed E-state index contributed by atoms with van der Waals surface area (Å²) in [6.45, 7) is 10.4. The van der Waals surface area contributed by atoms with Crippen molar-refractivity contribution in [3.8, 4) is 0 Å². The Morgan fingerprint density at radius 1 is 1.15 bits per heavy atom. The maximum Gasteiger partial charge on any atom is 0.316 e. The molecular weight excluding hydrogens is 336 g/mol. The van der Waals surface area contributed by atoms with Crippen LogP contribution in [-0.4, -0.2) is 45.6 Å². The van der Waals surface area contributed by atoms with Crippen LogP contribution in [-0.2, 0) is 19.1 Å². The molecule has 1 fully saturated rings. The van der Waals surface area contributed by atoms with Gasteiger partial charge >= 0.3 is 5.97 Å². The van der Waals surface area contributed by atoms with Gasteiger partial charge in [-0.15, -0.1) is 0 Å². The van der Waals surface area contributed by atoms with Crippen molar-refractivity contribution in [3.05, 3.63) is 12.2 Å². The Kier molecular flexibility index (Phi) is 6.00. The van der Waals surface area contributed by atoms with Crippen molar-refractivity contribution < 1.29 is 29.3 Å². The third kappa shape index (κ3) is 3.87. The third-order valence-corrected chi connectivity index (χ3v) is 5.98. The zero-order valence-corrected chi connectivity index (χ0v) is 16.6. The zero-order chi connectivity index (χ0) is 19.9. The average molecular weight is 368 g/mol. The van der Waals surface area contributed by atoms with E-state index in [9.17, 15) is 19.8 Å². The first-order valence-electron chi connectivity index (χ1n) is 9.50. The van der Waals surface area contributed by atoms with Crippen molar-refractivity contribution in [2.24, 2.45) is 23.7 Å². The van der Waals surface area contributed by atoms with Crippen LogP contribution in [0.1, 0.15) is 54.4 Å². The van der Waals surface area contributed by atoms with E-state index >= 15 is 0 Å². The number of carbonyl (C=O) groups excluding carboxylic acids is 2. The number of ether oxygens (including phenoxy) is 2. The predicted molar refractivity (Wildman–Crippen MR) is 96.0 cm³/mol. The van der Waals surface area contributed by atoms with Gasteiger partial charge in [-0.05, 0) is 44.8 Å². The number of esters is 1. The second kappa shape index (κ2) is 7.41. The normalized spacial score (nSPS) is 47.7. The lowest BCUT2D eigenvalue weighted by molar-refractivity contribution is -0.271. The van der Waals surface area contributed by atoms with Crippen molar-refractivity contribution in [2.75, 3.05) is 0 Å². The molecule has 2 N–H and O–H groups in total. The second-order valence-electron chi connectivity index (χ2n) is 8.25. The van der Waals surface area contributed by atoms with Crippen LogP contribution in [0.15, 0.2) is 12.2 Å². The average Bonchev–Trinajstić information content (AvgIpc) is 2.58. The molecule has 0 unspecified atom stereocenters. The first-order valence-corrected chi connectivity index (χ1v) is 9.50. The van der Waals surface area contributed by atoms with Crippen LogP contribution in [0.2, 0.25) is 0 Å². The molecule has 0 aromatic heterocycles. The molecule has 2 heterocycles. The van der Waals surface area contributed by atoms with E-state index in [1.54, 1.807) is 13.8 Å². The van der Waals surface area contributed by atoms with Gasteiger partial charge in [-0.25, -0.2) is 0 Å². The molecule has 2 bridgehead atoms. The molecule has 6 heteroatoms. The van der Waals surface area contributed by atoms with Crippen LogP contribution in [0.5, 0.6) is 0 Å². The molecule has 2 aliphatic heterocycles. The Morgan fingerprint density at radius 3 is 2.35 bits per heavy atom. The monoisotopic (exact) mass is 368 g/mol. The van der Waals surface area contributed by atoms with Gasteiger partial charge < -0.3 is 19.7 Å². The molecule has 0 spiro atoms. The molecule has 6 nitrogen and oxygen atoms in total. The first-order chi connectivity index (χ1) is 11.9. The van der Waals surface area contributed by atoms with Crippen molar-refractivity contribution in [1.82, 2.24) is 0 Å². The van der Waals surface area contributed by atoms with Crippen LogP contribution < -0.4 is 0 Å². The number of fused-ring (bicyclic) bond motifs is 2. The molecule has 8 atom stereocenters. The number of hydrogen-bond acceptors (Lipinski definition) is 6. The van der Waals surface area contributed by atoms with Crippen molar-refractivity contribution in [2.45, 2.75) is 78.0 Å². The van der Waals surface area contributed by atoms with Crippen LogP contribution in [0.4, 0.5) is 0 Å². The highest BCUT2D eigenvalue weighted by Crippen LogP contribution is 2.40. The number of ketones is 1. The second-order valence-corrected chi connectivity index (χ2v) is 8.25. The van der Waals surface area contributed by atoms with Crippen molar-refractivity contribution in [3.63, 3.8) is 0 Å². The summed E-state index contributed by atoms with van der Waals surface area (Å²) in [6, 6.07) is 0. The molecule has 0 radical (unpaired) electrons. The number of rotatable bonds is 1. The van der Waals surface area contributed by atoms with E-state index in [2.05, 4.69) is 0 Å². The summed E-state index contributed by atoms with van der Waals surface area (Å²) in [4.78, 5) is 25.3. The van der Waals surface area contributed by atoms with Gasteiger partial charge in [0.1, 0.15) is 17.6 Å². The molecule has 26 heavy (non-hydrogen) atoms. The number of cyclic esters (lactones) is 1. The molecule has 0 aromatic carbocycles. The summed E-state index contributed by atoms with van der Waals surface area (Å²) < 4.78 is 11.4. The van der Waals surface area contributed by atoms with Crippen molar-refractivity contribution >= 4 is 11.8 Å². The van der Waals surface area contributed by atoms with Crippen LogP contribution >= 0.6 is 0 Å². The summed E-state index contributed by atoms with van der Waals surface area (Å²) in [6.07, 6.45) is 2.57. The lowest BCUT2D eigenvalue weighted by Crippen LogP contribution is -2.53. The molecule has 1 saturated heterocycles. The minimum atomic E-state index is -1.58. The van der Waals surface area contributed by atoms with E-state index in [1.807, 2.05) is 13.8 Å². The Morgan fingerprint density at radius 2 is 1.77 bits per heavy atom. The Balaban J connectivity index is 2.51. The van der Waals surface area contributed by atoms with Gasteiger partial charge in [0.25, 0.3) is 0 Å². The quantitative estimate of drug-likeness (QED) is 0.419. The molecular formula is C20H32O6. The third-order valence-electron chi connectivity index (χ3n) is 5.98. The Hall–Kier alpha value is -1.24. The summed E-state index contributed by atoms with van der Waals surface area (Å²) in [7, 11) is 0. The van der Waals surface area contributed by atoms with Gasteiger partial charge in [0.05, 0.1) is 6.10 Å². The van der Waals surface area contributed by atoms with E-state index in [0.717, 1.165) is 0 Å². The van der Waals surface area contributed by atoms with Crippen LogP contribution in [0, 0.1) is 23.7 Å². The lowest BCUT2D eigenvalue weighted by Gasteiger charge is -2.46. The fourth-order valence-electron chi connectivity index (χ4n) is 4.04. The van der Waals surface area contributed by atoms with Gasteiger partial charge in [0.2, 0.25) is 0 Å². The summed E-state index contributed by atoms with van der Waals surface area (Å²) in [5.74, 6) is -4.17. The maximum absolute atomic E-state index is 12.8. The fourth-order valence-corrected chi connectivity index (χ4v) is 4.04. The molecule has 0 saturated carbocycles. The van der Waals surface area contributed by atoms with Gasteiger partial charge in [0, 0.05) is 11.8 Å². The molecule has 0 amide bonds. The molecule has 2 aliphatic rings. The van der Waals surface area contributed by atoms with Crippen molar-refractivity contribution in [1.29, 1.82) is 0 Å². The standard InChI is InChI=1S/C20H32O6/c1-7-15-19(6,23)8-9-20(24)12(3)10-11(2)17(26-20)13(4)16(21)14(5)18(22)25-15/h8-9,11-15,17,23-24H,7,10H2,1-6H3/t11-,12+,13-,14+,15+,17-,19-,20-/m0/s1. The minimum absolute atomic E-state index is 0.0488. The zero-order valence-electron chi connectivity index (χ0n) is 16.6.